The maximum absolute atomic E-state index is 4.77. The van der Waals surface area contributed by atoms with Gasteiger partial charge in [-0.3, -0.25) is 0 Å². The summed E-state index contributed by atoms with van der Waals surface area (Å²) in [5.74, 6) is 1.06. The van der Waals surface area contributed by atoms with E-state index in [4.69, 9.17) is 4.98 Å². The van der Waals surface area contributed by atoms with Crippen molar-refractivity contribution < 1.29 is 4.90 Å². The minimum absolute atomic E-state index is 0.793. The first-order chi connectivity index (χ1) is 11.7. The first-order valence-electron chi connectivity index (χ1n) is 8.78. The average Bonchev–Trinajstić information content (AvgIpc) is 2.88. The molecule has 1 saturated heterocycles. The zero-order valence-corrected chi connectivity index (χ0v) is 15.2. The van der Waals surface area contributed by atoms with E-state index >= 15 is 0 Å². The van der Waals surface area contributed by atoms with E-state index in [2.05, 4.69) is 46.9 Å². The molecule has 1 aliphatic heterocycles. The molecule has 0 radical (unpaired) electrons. The molecule has 126 valence electrons. The van der Waals surface area contributed by atoms with Crippen LogP contribution in [0.4, 0.5) is 0 Å². The lowest BCUT2D eigenvalue weighted by Crippen LogP contribution is -3.13. The minimum atomic E-state index is 0.793. The molecule has 4 rings (SSSR count). The predicted molar refractivity (Wildman–Crippen MR) is 98.7 cm³/mol. The van der Waals surface area contributed by atoms with E-state index in [1.807, 2.05) is 0 Å². The SMILES string of the molecule is Cc1ccc2c(c1)c1nnc(SCC[NH+]3CCCCC3)nc1n2C. The number of nitrogens with one attached hydrogen (secondary N) is 1. The van der Waals surface area contributed by atoms with Gasteiger partial charge < -0.3 is 9.47 Å². The summed E-state index contributed by atoms with van der Waals surface area (Å²) in [5.41, 5.74) is 4.23. The van der Waals surface area contributed by atoms with E-state index in [1.165, 1.54) is 44.5 Å². The minimum Gasteiger partial charge on any atom is -0.334 e. The molecule has 0 atom stereocenters. The molecule has 0 saturated carbocycles. The second kappa shape index (κ2) is 6.69. The van der Waals surface area contributed by atoms with E-state index in [9.17, 15) is 0 Å². The molecule has 1 N–H and O–H groups in total. The molecule has 5 nitrogen and oxygen atoms in total. The van der Waals surface area contributed by atoms with Gasteiger partial charge in [0.25, 0.3) is 0 Å². The normalized spacial score (nSPS) is 16.2. The van der Waals surface area contributed by atoms with Gasteiger partial charge in [-0.1, -0.05) is 23.4 Å². The summed E-state index contributed by atoms with van der Waals surface area (Å²) >= 11 is 1.73. The number of quaternary nitrogens is 1. The van der Waals surface area contributed by atoms with Crippen molar-refractivity contribution in [2.75, 3.05) is 25.4 Å². The molecule has 2 aromatic heterocycles. The van der Waals surface area contributed by atoms with Crippen LogP contribution in [0.2, 0.25) is 0 Å². The van der Waals surface area contributed by atoms with Gasteiger partial charge in [0.15, 0.2) is 5.65 Å². The Morgan fingerprint density at radius 1 is 1.17 bits per heavy atom. The van der Waals surface area contributed by atoms with Crippen LogP contribution in [0.3, 0.4) is 0 Å². The highest BCUT2D eigenvalue weighted by atomic mass is 32.2. The third-order valence-electron chi connectivity index (χ3n) is 4.98. The van der Waals surface area contributed by atoms with Gasteiger partial charge in [0.05, 0.1) is 30.9 Å². The number of hydrogen-bond acceptors (Lipinski definition) is 4. The van der Waals surface area contributed by atoms with Crippen molar-refractivity contribution in [3.05, 3.63) is 23.8 Å². The van der Waals surface area contributed by atoms with Crippen LogP contribution >= 0.6 is 11.8 Å². The fourth-order valence-electron chi connectivity index (χ4n) is 3.61. The number of nitrogens with zero attached hydrogens (tertiary/aromatic N) is 4. The van der Waals surface area contributed by atoms with Crippen LogP contribution < -0.4 is 4.90 Å². The van der Waals surface area contributed by atoms with Crippen LogP contribution in [0.5, 0.6) is 0 Å². The Balaban J connectivity index is 1.54. The summed E-state index contributed by atoms with van der Waals surface area (Å²) in [6, 6.07) is 6.44. The number of thioether (sulfide) groups is 1. The molecule has 0 unspecified atom stereocenters. The molecule has 0 spiro atoms. The van der Waals surface area contributed by atoms with E-state index < -0.39 is 0 Å². The van der Waals surface area contributed by atoms with E-state index in [-0.39, 0.29) is 0 Å². The Bertz CT molecular complexity index is 867. The smallest absolute Gasteiger partial charge is 0.211 e. The zero-order chi connectivity index (χ0) is 16.5. The number of piperidine rings is 1. The third-order valence-corrected chi connectivity index (χ3v) is 5.82. The van der Waals surface area contributed by atoms with Crippen LogP contribution in [-0.2, 0) is 7.05 Å². The van der Waals surface area contributed by atoms with Crippen molar-refractivity contribution in [2.45, 2.75) is 31.3 Å². The highest BCUT2D eigenvalue weighted by Gasteiger charge is 2.15. The number of fused-ring (bicyclic) bond motifs is 3. The predicted octanol–water partition coefficient (Wildman–Crippen LogP) is 1.99. The zero-order valence-electron chi connectivity index (χ0n) is 14.4. The van der Waals surface area contributed by atoms with Crippen LogP contribution in [0.15, 0.2) is 23.4 Å². The van der Waals surface area contributed by atoms with E-state index in [0.29, 0.717) is 0 Å². The highest BCUT2D eigenvalue weighted by molar-refractivity contribution is 7.99. The highest BCUT2D eigenvalue weighted by Crippen LogP contribution is 2.26. The maximum atomic E-state index is 4.77. The van der Waals surface area contributed by atoms with Crippen molar-refractivity contribution in [1.82, 2.24) is 19.7 Å². The molecular weight excluding hydrogens is 318 g/mol. The monoisotopic (exact) mass is 342 g/mol. The van der Waals surface area contributed by atoms with Gasteiger partial charge in [0.2, 0.25) is 5.16 Å². The summed E-state index contributed by atoms with van der Waals surface area (Å²) in [6.45, 7) is 5.94. The molecule has 0 amide bonds. The maximum Gasteiger partial charge on any atom is 0.211 e. The summed E-state index contributed by atoms with van der Waals surface area (Å²) in [6.07, 6.45) is 4.15. The largest absolute Gasteiger partial charge is 0.334 e. The summed E-state index contributed by atoms with van der Waals surface area (Å²) < 4.78 is 2.12. The fourth-order valence-corrected chi connectivity index (χ4v) is 4.43. The van der Waals surface area contributed by atoms with Crippen molar-refractivity contribution in [2.24, 2.45) is 7.05 Å². The Hall–Kier alpha value is -1.66. The van der Waals surface area contributed by atoms with Crippen molar-refractivity contribution in [3.8, 4) is 0 Å². The number of hydrogen-bond donors (Lipinski definition) is 1. The Labute approximate surface area is 146 Å². The van der Waals surface area contributed by atoms with E-state index in [1.54, 1.807) is 16.7 Å². The molecule has 0 bridgehead atoms. The van der Waals surface area contributed by atoms with Crippen LogP contribution in [0.25, 0.3) is 22.1 Å². The van der Waals surface area contributed by atoms with Crippen LogP contribution in [0.1, 0.15) is 24.8 Å². The standard InChI is InChI=1S/C18H23N5S/c1-13-6-7-15-14(12-13)16-17(22(15)2)19-18(21-20-16)24-11-10-23-8-4-3-5-9-23/h6-7,12H,3-5,8-11H2,1-2H3/p+1. The number of aryl methyl sites for hydroxylation is 2. The average molecular weight is 342 g/mol. The quantitative estimate of drug-likeness (QED) is 0.737. The Morgan fingerprint density at radius 3 is 2.83 bits per heavy atom. The number of aromatic nitrogens is 4. The third kappa shape index (κ3) is 3.00. The molecule has 3 heterocycles. The van der Waals surface area contributed by atoms with Gasteiger partial charge in [0.1, 0.15) is 5.52 Å². The lowest BCUT2D eigenvalue weighted by molar-refractivity contribution is -0.902. The number of rotatable bonds is 4. The Kier molecular flexibility index (Phi) is 4.41. The second-order valence-electron chi connectivity index (χ2n) is 6.76. The summed E-state index contributed by atoms with van der Waals surface area (Å²) in [7, 11) is 2.06. The van der Waals surface area contributed by atoms with Gasteiger partial charge in [-0.05, 0) is 38.3 Å². The van der Waals surface area contributed by atoms with Crippen molar-refractivity contribution in [3.63, 3.8) is 0 Å². The van der Waals surface area contributed by atoms with Gasteiger partial charge >= 0.3 is 0 Å². The van der Waals surface area contributed by atoms with Crippen LogP contribution in [-0.4, -0.2) is 45.1 Å². The molecule has 6 heteroatoms. The van der Waals surface area contributed by atoms with Gasteiger partial charge in [-0.2, -0.15) is 0 Å². The first-order valence-corrected chi connectivity index (χ1v) is 9.77. The fraction of sp³-hybridized carbons (Fsp3) is 0.500. The second-order valence-corrected chi connectivity index (χ2v) is 7.82. The lowest BCUT2D eigenvalue weighted by atomic mass is 10.1. The van der Waals surface area contributed by atoms with E-state index in [0.717, 1.165) is 33.0 Å². The van der Waals surface area contributed by atoms with Crippen LogP contribution in [0, 0.1) is 6.92 Å². The molecule has 3 aromatic rings. The Morgan fingerprint density at radius 2 is 2.00 bits per heavy atom. The molecular formula is C18H24N5S+. The first kappa shape index (κ1) is 15.8. The van der Waals surface area contributed by atoms with Gasteiger partial charge in [0, 0.05) is 12.4 Å². The molecule has 24 heavy (non-hydrogen) atoms. The topological polar surface area (TPSA) is 48.0 Å². The van der Waals surface area contributed by atoms with Gasteiger partial charge in [-0.15, -0.1) is 10.2 Å². The molecule has 0 aliphatic carbocycles. The molecule has 1 fully saturated rings. The summed E-state index contributed by atoms with van der Waals surface area (Å²) in [5, 5.41) is 10.8. The molecule has 1 aromatic carbocycles. The van der Waals surface area contributed by atoms with Gasteiger partial charge in [-0.25, -0.2) is 4.98 Å². The van der Waals surface area contributed by atoms with Crippen molar-refractivity contribution in [1.29, 1.82) is 0 Å². The summed E-state index contributed by atoms with van der Waals surface area (Å²) in [4.78, 5) is 6.49. The van der Waals surface area contributed by atoms with Crippen molar-refractivity contribution >= 4 is 33.8 Å². The number of likely N-dealkylation sites (tertiary alicyclic amines) is 1. The molecule has 1 aliphatic rings. The number of benzene rings is 1. The lowest BCUT2D eigenvalue weighted by Gasteiger charge is -2.22.